The van der Waals surface area contributed by atoms with Gasteiger partial charge in [0.25, 0.3) is 5.56 Å². The highest BCUT2D eigenvalue weighted by Gasteiger charge is 2.07. The summed E-state index contributed by atoms with van der Waals surface area (Å²) in [6, 6.07) is 7.10. The van der Waals surface area contributed by atoms with Crippen molar-refractivity contribution >= 4 is 10.9 Å². The molecule has 0 aliphatic rings. The van der Waals surface area contributed by atoms with Gasteiger partial charge >= 0.3 is 0 Å². The zero-order valence-corrected chi connectivity index (χ0v) is 9.00. The van der Waals surface area contributed by atoms with Gasteiger partial charge < -0.3 is 5.11 Å². The Morgan fingerprint density at radius 3 is 2.94 bits per heavy atom. The minimum Gasteiger partial charge on any atom is -0.396 e. The first-order chi connectivity index (χ1) is 7.72. The number of benzene rings is 1. The van der Waals surface area contributed by atoms with Crippen LogP contribution in [-0.4, -0.2) is 26.7 Å². The third kappa shape index (κ3) is 1.94. The van der Waals surface area contributed by atoms with Crippen LogP contribution in [0.15, 0.2) is 29.1 Å². The van der Waals surface area contributed by atoms with Gasteiger partial charge in [-0.05, 0) is 18.1 Å². The number of aliphatic hydroxyl groups excluding tert-OH is 1. The second-order valence-electron chi connectivity index (χ2n) is 3.88. The number of hydrogen-bond acceptors (Lipinski definition) is 4. The van der Waals surface area contributed by atoms with Crippen LogP contribution in [0.2, 0.25) is 0 Å². The zero-order chi connectivity index (χ0) is 11.5. The first-order valence-corrected chi connectivity index (χ1v) is 5.15. The summed E-state index contributed by atoms with van der Waals surface area (Å²) in [6.45, 7) is 2.26. The molecule has 0 bridgehead atoms. The molecule has 1 aromatic carbocycles. The lowest BCUT2D eigenvalue weighted by Crippen LogP contribution is -2.27. The maximum atomic E-state index is 12.0. The maximum Gasteiger partial charge on any atom is 0.277 e. The van der Waals surface area contributed by atoms with Crippen LogP contribution < -0.4 is 5.56 Å². The molecule has 2 aromatic rings. The van der Waals surface area contributed by atoms with Crippen LogP contribution in [-0.2, 0) is 6.54 Å². The van der Waals surface area contributed by atoms with Crippen molar-refractivity contribution < 1.29 is 5.11 Å². The predicted molar refractivity (Wildman–Crippen MR) is 60.0 cm³/mol. The van der Waals surface area contributed by atoms with Crippen LogP contribution in [0.25, 0.3) is 10.9 Å². The lowest BCUT2D eigenvalue weighted by Gasteiger charge is -2.08. The van der Waals surface area contributed by atoms with Gasteiger partial charge in [0.2, 0.25) is 0 Å². The summed E-state index contributed by atoms with van der Waals surface area (Å²) in [7, 11) is 0. The molecule has 0 spiro atoms. The largest absolute Gasteiger partial charge is 0.396 e. The van der Waals surface area contributed by atoms with Gasteiger partial charge in [-0.1, -0.05) is 24.3 Å². The van der Waals surface area contributed by atoms with Crippen molar-refractivity contribution in [3.63, 3.8) is 0 Å². The monoisotopic (exact) mass is 219 g/mol. The van der Waals surface area contributed by atoms with E-state index in [0.717, 1.165) is 0 Å². The molecule has 1 heterocycles. The molecule has 0 saturated carbocycles. The number of rotatable bonds is 3. The number of hydrogen-bond donors (Lipinski definition) is 1. The van der Waals surface area contributed by atoms with E-state index in [-0.39, 0.29) is 18.1 Å². The summed E-state index contributed by atoms with van der Waals surface area (Å²) >= 11 is 0. The van der Waals surface area contributed by atoms with Crippen LogP contribution in [0.3, 0.4) is 0 Å². The Bertz CT molecular complexity index is 550. The van der Waals surface area contributed by atoms with Crippen molar-refractivity contribution in [3.05, 3.63) is 34.6 Å². The van der Waals surface area contributed by atoms with Crippen LogP contribution in [0.5, 0.6) is 0 Å². The van der Waals surface area contributed by atoms with Gasteiger partial charge in [-0.3, -0.25) is 4.79 Å². The minimum atomic E-state index is -0.161. The highest BCUT2D eigenvalue weighted by molar-refractivity contribution is 5.76. The number of nitrogens with zero attached hydrogens (tertiary/aromatic N) is 3. The molecule has 0 aliphatic heterocycles. The van der Waals surface area contributed by atoms with Gasteiger partial charge in [-0.2, -0.15) is 0 Å². The van der Waals surface area contributed by atoms with Crippen molar-refractivity contribution in [2.45, 2.75) is 13.5 Å². The average Bonchev–Trinajstić information content (AvgIpc) is 2.33. The van der Waals surface area contributed by atoms with E-state index in [1.54, 1.807) is 18.2 Å². The third-order valence-corrected chi connectivity index (χ3v) is 2.43. The van der Waals surface area contributed by atoms with Crippen LogP contribution in [0, 0.1) is 5.92 Å². The molecule has 0 radical (unpaired) electrons. The van der Waals surface area contributed by atoms with Crippen LogP contribution >= 0.6 is 0 Å². The van der Waals surface area contributed by atoms with E-state index in [0.29, 0.717) is 17.4 Å². The van der Waals surface area contributed by atoms with E-state index in [1.165, 1.54) is 4.68 Å². The molecular weight excluding hydrogens is 206 g/mol. The molecular formula is C11H13N3O2. The molecule has 0 amide bonds. The molecule has 1 unspecified atom stereocenters. The summed E-state index contributed by atoms with van der Waals surface area (Å²) in [6.07, 6.45) is 0. The molecule has 16 heavy (non-hydrogen) atoms. The molecule has 0 saturated heterocycles. The molecule has 1 atom stereocenters. The Morgan fingerprint density at radius 1 is 1.44 bits per heavy atom. The quantitative estimate of drug-likeness (QED) is 0.812. The highest BCUT2D eigenvalue weighted by Crippen LogP contribution is 2.04. The molecule has 2 rings (SSSR count). The first-order valence-electron chi connectivity index (χ1n) is 5.15. The second kappa shape index (κ2) is 4.40. The van der Waals surface area contributed by atoms with E-state index in [9.17, 15) is 4.79 Å². The van der Waals surface area contributed by atoms with E-state index >= 15 is 0 Å². The number of fused-ring (bicyclic) bond motifs is 1. The second-order valence-corrected chi connectivity index (χ2v) is 3.88. The van der Waals surface area contributed by atoms with Crippen LogP contribution in [0.4, 0.5) is 0 Å². The summed E-state index contributed by atoms with van der Waals surface area (Å²) in [5.74, 6) is -0.00633. The summed E-state index contributed by atoms with van der Waals surface area (Å²) in [5, 5.41) is 17.3. The zero-order valence-electron chi connectivity index (χ0n) is 9.00. The maximum absolute atomic E-state index is 12.0. The SMILES string of the molecule is CC(CO)Cn1nnc2ccccc2c1=O. The normalized spacial score (nSPS) is 12.9. The Labute approximate surface area is 92.3 Å². The Kier molecular flexibility index (Phi) is 2.96. The van der Waals surface area contributed by atoms with Crippen molar-refractivity contribution in [2.75, 3.05) is 6.61 Å². The smallest absolute Gasteiger partial charge is 0.277 e. The lowest BCUT2D eigenvalue weighted by molar-refractivity contribution is 0.216. The van der Waals surface area contributed by atoms with E-state index in [2.05, 4.69) is 10.3 Å². The summed E-state index contributed by atoms with van der Waals surface area (Å²) < 4.78 is 1.29. The molecule has 84 valence electrons. The highest BCUT2D eigenvalue weighted by atomic mass is 16.3. The minimum absolute atomic E-state index is 0.00633. The molecule has 1 aromatic heterocycles. The van der Waals surface area contributed by atoms with Gasteiger partial charge in [0.05, 0.1) is 11.9 Å². The molecule has 5 heteroatoms. The van der Waals surface area contributed by atoms with E-state index < -0.39 is 0 Å². The van der Waals surface area contributed by atoms with Gasteiger partial charge in [0.15, 0.2) is 0 Å². The molecule has 0 aliphatic carbocycles. The molecule has 5 nitrogen and oxygen atoms in total. The fraction of sp³-hybridized carbons (Fsp3) is 0.364. The van der Waals surface area contributed by atoms with Crippen molar-refractivity contribution in [1.29, 1.82) is 0 Å². The standard InChI is InChI=1S/C11H13N3O2/c1-8(7-15)6-14-11(16)9-4-2-3-5-10(9)12-13-14/h2-5,8,15H,6-7H2,1H3. The molecule has 0 fully saturated rings. The molecule has 1 N–H and O–H groups in total. The lowest BCUT2D eigenvalue weighted by atomic mass is 10.2. The summed E-state index contributed by atoms with van der Waals surface area (Å²) in [5.41, 5.74) is 0.436. The van der Waals surface area contributed by atoms with Crippen LogP contribution in [0.1, 0.15) is 6.92 Å². The number of aliphatic hydroxyl groups is 1. The Balaban J connectivity index is 2.49. The summed E-state index contributed by atoms with van der Waals surface area (Å²) in [4.78, 5) is 12.0. The number of aromatic nitrogens is 3. The average molecular weight is 219 g/mol. The topological polar surface area (TPSA) is 68.0 Å². The fourth-order valence-electron chi connectivity index (χ4n) is 1.50. The third-order valence-electron chi connectivity index (χ3n) is 2.43. The van der Waals surface area contributed by atoms with Crippen molar-refractivity contribution in [2.24, 2.45) is 5.92 Å². The van der Waals surface area contributed by atoms with E-state index in [4.69, 9.17) is 5.11 Å². The Hall–Kier alpha value is -1.75. The van der Waals surface area contributed by atoms with Gasteiger partial charge in [0, 0.05) is 6.61 Å². The van der Waals surface area contributed by atoms with Gasteiger partial charge in [0.1, 0.15) is 5.52 Å². The first kappa shape index (κ1) is 10.8. The predicted octanol–water partition coefficient (Wildman–Crippen LogP) is 0.420. The van der Waals surface area contributed by atoms with Crippen molar-refractivity contribution in [1.82, 2.24) is 15.0 Å². The van der Waals surface area contributed by atoms with Gasteiger partial charge in [-0.15, -0.1) is 5.10 Å². The van der Waals surface area contributed by atoms with E-state index in [1.807, 2.05) is 13.0 Å². The fourth-order valence-corrected chi connectivity index (χ4v) is 1.50. The Morgan fingerprint density at radius 2 is 2.19 bits per heavy atom. The van der Waals surface area contributed by atoms with Crippen molar-refractivity contribution in [3.8, 4) is 0 Å². The van der Waals surface area contributed by atoms with Gasteiger partial charge in [-0.25, -0.2) is 4.68 Å².